The molecule has 0 saturated carbocycles. The summed E-state index contributed by atoms with van der Waals surface area (Å²) >= 11 is 0. The molecular weight excluding hydrogens is 334 g/mol. The van der Waals surface area contributed by atoms with E-state index in [0.717, 1.165) is 4.90 Å². The summed E-state index contributed by atoms with van der Waals surface area (Å²) in [4.78, 5) is 40.4. The first kappa shape index (κ1) is 16.3. The van der Waals surface area contributed by atoms with Crippen LogP contribution in [0.15, 0.2) is 42.5 Å². The number of nitrogens with zero attached hydrogens (tertiary/aromatic N) is 2. The lowest BCUT2D eigenvalue weighted by Crippen LogP contribution is -2.37. The normalized spacial score (nSPS) is 16.8. The number of amides is 3. The third-order valence-corrected chi connectivity index (χ3v) is 4.65. The number of carbonyl (C=O) groups excluding carboxylic acids is 3. The second-order valence-electron chi connectivity index (χ2n) is 6.16. The second kappa shape index (κ2) is 6.27. The predicted octanol–water partition coefficient (Wildman–Crippen LogP) is 1.42. The number of fused-ring (bicyclic) bond motifs is 1. The van der Waals surface area contributed by atoms with Gasteiger partial charge in [-0.05, 0) is 30.3 Å². The molecule has 26 heavy (non-hydrogen) atoms. The lowest BCUT2D eigenvalue weighted by molar-refractivity contribution is 0.0923. The van der Waals surface area contributed by atoms with Crippen LogP contribution in [0.4, 0.5) is 11.4 Å². The zero-order valence-corrected chi connectivity index (χ0v) is 14.0. The van der Waals surface area contributed by atoms with E-state index in [-0.39, 0.29) is 5.56 Å². The van der Waals surface area contributed by atoms with Crippen molar-refractivity contribution in [2.45, 2.75) is 0 Å². The summed E-state index contributed by atoms with van der Waals surface area (Å²) in [6.45, 7) is 2.43. The number of rotatable bonds is 3. The summed E-state index contributed by atoms with van der Waals surface area (Å²) < 4.78 is 5.34. The Hall–Kier alpha value is -3.19. The van der Waals surface area contributed by atoms with Crippen LogP contribution in [0.1, 0.15) is 31.1 Å². The van der Waals surface area contributed by atoms with Gasteiger partial charge in [0.05, 0.1) is 35.6 Å². The molecule has 4 rings (SSSR count). The minimum atomic E-state index is -0.607. The highest BCUT2D eigenvalue weighted by molar-refractivity contribution is 6.34. The zero-order chi connectivity index (χ0) is 18.3. The molecule has 7 heteroatoms. The van der Waals surface area contributed by atoms with E-state index in [2.05, 4.69) is 0 Å². The SMILES string of the molecule is NC(=O)c1cc(N2C(=O)c3ccccc3C2=O)ccc1N1CCOCC1. The van der Waals surface area contributed by atoms with E-state index in [1.165, 1.54) is 6.07 Å². The lowest BCUT2D eigenvalue weighted by Gasteiger charge is -2.30. The summed E-state index contributed by atoms with van der Waals surface area (Å²) in [6, 6.07) is 11.6. The molecule has 1 saturated heterocycles. The number of nitrogens with two attached hydrogens (primary N) is 1. The number of hydrogen-bond donors (Lipinski definition) is 1. The molecule has 2 heterocycles. The van der Waals surface area contributed by atoms with Crippen molar-refractivity contribution in [3.05, 3.63) is 59.2 Å². The Bertz CT molecular complexity index is 884. The summed E-state index contributed by atoms with van der Waals surface area (Å²) in [5.41, 5.74) is 7.57. The molecular formula is C19H17N3O4. The van der Waals surface area contributed by atoms with Gasteiger partial charge in [0.1, 0.15) is 0 Å². The number of carbonyl (C=O) groups is 3. The summed E-state index contributed by atoms with van der Waals surface area (Å²) in [5.74, 6) is -1.41. The first-order valence-corrected chi connectivity index (χ1v) is 8.32. The van der Waals surface area contributed by atoms with E-state index < -0.39 is 17.7 Å². The molecule has 132 valence electrons. The van der Waals surface area contributed by atoms with Crippen LogP contribution >= 0.6 is 0 Å². The number of anilines is 2. The molecule has 0 spiro atoms. The van der Waals surface area contributed by atoms with Gasteiger partial charge in [0, 0.05) is 18.8 Å². The van der Waals surface area contributed by atoms with E-state index in [9.17, 15) is 14.4 Å². The van der Waals surface area contributed by atoms with Crippen molar-refractivity contribution < 1.29 is 19.1 Å². The smallest absolute Gasteiger partial charge is 0.266 e. The van der Waals surface area contributed by atoms with Crippen molar-refractivity contribution in [2.75, 3.05) is 36.1 Å². The molecule has 0 aliphatic carbocycles. The molecule has 2 N–H and O–H groups in total. The highest BCUT2D eigenvalue weighted by Crippen LogP contribution is 2.32. The molecule has 0 bridgehead atoms. The number of primary amides is 1. The molecule has 2 aromatic rings. The van der Waals surface area contributed by atoms with E-state index in [0.29, 0.717) is 48.8 Å². The van der Waals surface area contributed by atoms with Crippen molar-refractivity contribution in [3.63, 3.8) is 0 Å². The quantitative estimate of drug-likeness (QED) is 0.844. The Morgan fingerprint density at radius 1 is 0.962 bits per heavy atom. The molecule has 0 atom stereocenters. The van der Waals surface area contributed by atoms with E-state index in [4.69, 9.17) is 10.5 Å². The Morgan fingerprint density at radius 2 is 1.58 bits per heavy atom. The number of morpholine rings is 1. The molecule has 1 fully saturated rings. The van der Waals surface area contributed by atoms with E-state index in [1.54, 1.807) is 36.4 Å². The maximum Gasteiger partial charge on any atom is 0.266 e. The standard InChI is InChI=1S/C19H17N3O4/c20-17(23)15-11-12(5-6-16(15)21-7-9-26-10-8-21)22-18(24)13-3-1-2-4-14(13)19(22)25/h1-6,11H,7-10H2,(H2,20,23). The van der Waals surface area contributed by atoms with Gasteiger partial charge in [-0.1, -0.05) is 12.1 Å². The first-order valence-electron chi connectivity index (χ1n) is 8.32. The van der Waals surface area contributed by atoms with Crippen molar-refractivity contribution in [2.24, 2.45) is 5.73 Å². The second-order valence-corrected chi connectivity index (χ2v) is 6.16. The highest BCUT2D eigenvalue weighted by atomic mass is 16.5. The van der Waals surface area contributed by atoms with Crippen molar-refractivity contribution in [3.8, 4) is 0 Å². The largest absolute Gasteiger partial charge is 0.378 e. The molecule has 0 radical (unpaired) electrons. The molecule has 7 nitrogen and oxygen atoms in total. The van der Waals surface area contributed by atoms with Crippen molar-refractivity contribution in [1.82, 2.24) is 0 Å². The van der Waals surface area contributed by atoms with Crippen LogP contribution < -0.4 is 15.5 Å². The van der Waals surface area contributed by atoms with Crippen LogP contribution in [0.25, 0.3) is 0 Å². The third kappa shape index (κ3) is 2.53. The number of hydrogen-bond acceptors (Lipinski definition) is 5. The van der Waals surface area contributed by atoms with Gasteiger partial charge in [-0.2, -0.15) is 0 Å². The average Bonchev–Trinajstić information content (AvgIpc) is 2.93. The lowest BCUT2D eigenvalue weighted by atomic mass is 10.1. The Kier molecular flexibility index (Phi) is 3.93. The summed E-state index contributed by atoms with van der Waals surface area (Å²) in [7, 11) is 0. The van der Waals surface area contributed by atoms with Gasteiger partial charge in [0.2, 0.25) is 0 Å². The maximum atomic E-state index is 12.6. The summed E-state index contributed by atoms with van der Waals surface area (Å²) in [6.07, 6.45) is 0. The van der Waals surface area contributed by atoms with Crippen molar-refractivity contribution in [1.29, 1.82) is 0 Å². The van der Waals surface area contributed by atoms with Gasteiger partial charge in [-0.15, -0.1) is 0 Å². The minimum Gasteiger partial charge on any atom is -0.378 e. The molecule has 3 amide bonds. The minimum absolute atomic E-state index is 0.279. The molecule has 2 aromatic carbocycles. The topological polar surface area (TPSA) is 92.9 Å². The molecule has 0 unspecified atom stereocenters. The van der Waals surface area contributed by atoms with E-state index >= 15 is 0 Å². The number of ether oxygens (including phenoxy) is 1. The first-order chi connectivity index (χ1) is 12.6. The zero-order valence-electron chi connectivity index (χ0n) is 14.0. The van der Waals surface area contributed by atoms with Gasteiger partial charge in [0.15, 0.2) is 0 Å². The van der Waals surface area contributed by atoms with Crippen LogP contribution in [0.3, 0.4) is 0 Å². The fourth-order valence-corrected chi connectivity index (χ4v) is 3.36. The summed E-state index contributed by atoms with van der Waals surface area (Å²) in [5, 5.41) is 0. The fraction of sp³-hybridized carbons (Fsp3) is 0.211. The Balaban J connectivity index is 1.74. The Morgan fingerprint density at radius 3 is 2.15 bits per heavy atom. The van der Waals surface area contributed by atoms with Gasteiger partial charge in [-0.3, -0.25) is 14.4 Å². The van der Waals surface area contributed by atoms with Crippen LogP contribution in [-0.4, -0.2) is 44.0 Å². The maximum absolute atomic E-state index is 12.6. The van der Waals surface area contributed by atoms with E-state index in [1.807, 2.05) is 4.90 Å². The van der Waals surface area contributed by atoms with Crippen molar-refractivity contribution >= 4 is 29.1 Å². The molecule has 2 aliphatic heterocycles. The predicted molar refractivity (Wildman–Crippen MR) is 95.6 cm³/mol. The van der Waals surface area contributed by atoms with Gasteiger partial charge in [0.25, 0.3) is 17.7 Å². The third-order valence-electron chi connectivity index (χ3n) is 4.65. The van der Waals surface area contributed by atoms with Gasteiger partial charge < -0.3 is 15.4 Å². The van der Waals surface area contributed by atoms with Crippen LogP contribution in [0.5, 0.6) is 0 Å². The Labute approximate surface area is 149 Å². The van der Waals surface area contributed by atoms with Crippen LogP contribution in [0.2, 0.25) is 0 Å². The van der Waals surface area contributed by atoms with Gasteiger partial charge >= 0.3 is 0 Å². The average molecular weight is 351 g/mol. The number of imide groups is 1. The number of benzene rings is 2. The van der Waals surface area contributed by atoms with Crippen LogP contribution in [-0.2, 0) is 4.74 Å². The van der Waals surface area contributed by atoms with Crippen LogP contribution in [0, 0.1) is 0 Å². The highest BCUT2D eigenvalue weighted by Gasteiger charge is 2.36. The molecule has 0 aromatic heterocycles. The molecule has 2 aliphatic rings. The van der Waals surface area contributed by atoms with Gasteiger partial charge in [-0.25, -0.2) is 4.90 Å². The monoisotopic (exact) mass is 351 g/mol. The fourth-order valence-electron chi connectivity index (χ4n) is 3.36.